The molecule has 11 heteroatoms. The second-order valence-electron chi connectivity index (χ2n) is 3.88. The average molecular weight is 298 g/mol. The number of aromatic nitrogens is 6. The molecule has 2 rings (SSSR count). The van der Waals surface area contributed by atoms with Crippen LogP contribution in [0.25, 0.3) is 0 Å². The number of nitrogens with zero attached hydrogens (tertiary/aromatic N) is 6. The van der Waals surface area contributed by atoms with Crippen LogP contribution in [0.3, 0.4) is 0 Å². The van der Waals surface area contributed by atoms with Gasteiger partial charge in [0.2, 0.25) is 5.95 Å². The third kappa shape index (κ3) is 3.38. The van der Waals surface area contributed by atoms with Crippen molar-refractivity contribution in [2.45, 2.75) is 18.2 Å². The second kappa shape index (κ2) is 5.77. The molecule has 0 saturated carbocycles. The summed E-state index contributed by atoms with van der Waals surface area (Å²) < 4.78 is 26.2. The third-order valence-corrected chi connectivity index (χ3v) is 3.49. The molecule has 2 aromatic rings. The van der Waals surface area contributed by atoms with Gasteiger partial charge in [0.25, 0.3) is 16.0 Å². The smallest absolute Gasteiger partial charge is 0.277 e. The van der Waals surface area contributed by atoms with E-state index in [1.54, 1.807) is 0 Å². The van der Waals surface area contributed by atoms with E-state index in [9.17, 15) is 8.42 Å². The first-order valence-electron chi connectivity index (χ1n) is 5.84. The van der Waals surface area contributed by atoms with E-state index in [2.05, 4.69) is 35.4 Å². The van der Waals surface area contributed by atoms with Gasteiger partial charge in [0.05, 0.1) is 19.4 Å². The molecule has 20 heavy (non-hydrogen) atoms. The third-order valence-electron chi connectivity index (χ3n) is 2.21. The van der Waals surface area contributed by atoms with Crippen molar-refractivity contribution >= 4 is 21.9 Å². The van der Waals surface area contributed by atoms with Gasteiger partial charge in [-0.05, 0) is 11.6 Å². The van der Waals surface area contributed by atoms with Gasteiger partial charge in [-0.15, -0.1) is 5.10 Å². The molecule has 2 aromatic heterocycles. The minimum absolute atomic E-state index is 0.0769. The lowest BCUT2D eigenvalue weighted by Crippen LogP contribution is -2.15. The van der Waals surface area contributed by atoms with E-state index in [0.29, 0.717) is 12.5 Å². The van der Waals surface area contributed by atoms with E-state index in [0.717, 1.165) is 11.2 Å². The molecule has 0 aliphatic rings. The largest absolute Gasteiger partial charge is 0.354 e. The van der Waals surface area contributed by atoms with Crippen molar-refractivity contribution < 1.29 is 8.42 Å². The van der Waals surface area contributed by atoms with Gasteiger partial charge < -0.3 is 5.32 Å². The van der Waals surface area contributed by atoms with E-state index in [4.69, 9.17) is 0 Å². The molecule has 2 heterocycles. The molecule has 0 amide bonds. The molecular formula is C9H14N8O2S. The van der Waals surface area contributed by atoms with Crippen LogP contribution in [-0.2, 0) is 17.1 Å². The fourth-order valence-electron chi connectivity index (χ4n) is 1.29. The topological polar surface area (TPSA) is 128 Å². The highest BCUT2D eigenvalue weighted by Gasteiger charge is 2.17. The maximum absolute atomic E-state index is 12.0. The van der Waals surface area contributed by atoms with Crippen molar-refractivity contribution in [3.8, 4) is 0 Å². The Morgan fingerprint density at radius 1 is 1.25 bits per heavy atom. The summed E-state index contributed by atoms with van der Waals surface area (Å²) in [4.78, 5) is 8.92. The lowest BCUT2D eigenvalue weighted by molar-refractivity contribution is 0.599. The number of rotatable bonds is 6. The van der Waals surface area contributed by atoms with Crippen LogP contribution in [0.5, 0.6) is 0 Å². The van der Waals surface area contributed by atoms with Crippen LogP contribution in [0.2, 0.25) is 0 Å². The molecule has 2 N–H and O–H groups in total. The Morgan fingerprint density at radius 2 is 1.95 bits per heavy atom. The van der Waals surface area contributed by atoms with Crippen molar-refractivity contribution in [3.05, 3.63) is 12.4 Å². The van der Waals surface area contributed by atoms with Crippen LogP contribution in [0.15, 0.2) is 17.3 Å². The Balaban J connectivity index is 2.13. The van der Waals surface area contributed by atoms with Gasteiger partial charge in [-0.2, -0.15) is 4.80 Å². The van der Waals surface area contributed by atoms with Gasteiger partial charge in [-0.1, -0.05) is 12.0 Å². The molecule has 0 aliphatic heterocycles. The molecule has 0 spiro atoms. The Hall–Kier alpha value is -2.30. The van der Waals surface area contributed by atoms with Gasteiger partial charge in [0.1, 0.15) is 4.90 Å². The first-order valence-corrected chi connectivity index (χ1v) is 7.32. The normalized spacial score (nSPS) is 11.3. The summed E-state index contributed by atoms with van der Waals surface area (Å²) in [6.45, 7) is 2.72. The van der Waals surface area contributed by atoms with E-state index in [1.165, 1.54) is 19.4 Å². The summed E-state index contributed by atoms with van der Waals surface area (Å²) in [6, 6.07) is 0. The summed E-state index contributed by atoms with van der Waals surface area (Å²) in [5.74, 6) is 0.268. The molecule has 0 bridgehead atoms. The van der Waals surface area contributed by atoms with Gasteiger partial charge in [0.15, 0.2) is 0 Å². The molecule has 0 aliphatic carbocycles. The van der Waals surface area contributed by atoms with Crippen LogP contribution in [0.1, 0.15) is 13.3 Å². The standard InChI is InChI=1S/C9H14N8O2S/c1-3-4-10-8-11-5-7(6-12-8)20(18,19)15-9-13-16-17(2)14-9/h5-6H,3-4H2,1-2H3,(H,14,15)(H,10,11,12). The SMILES string of the molecule is CCCNc1ncc(S(=O)(=O)Nc2nnn(C)n2)cn1. The highest BCUT2D eigenvalue weighted by Crippen LogP contribution is 2.11. The fourth-order valence-corrected chi connectivity index (χ4v) is 2.11. The van der Waals surface area contributed by atoms with Gasteiger partial charge in [-0.25, -0.2) is 23.1 Å². The maximum atomic E-state index is 12.0. The van der Waals surface area contributed by atoms with Gasteiger partial charge >= 0.3 is 0 Å². The number of anilines is 2. The summed E-state index contributed by atoms with van der Waals surface area (Å²) in [7, 11) is -2.29. The lowest BCUT2D eigenvalue weighted by atomic mass is 10.5. The number of tetrazole rings is 1. The van der Waals surface area contributed by atoms with Crippen molar-refractivity contribution in [2.24, 2.45) is 7.05 Å². The molecule has 0 radical (unpaired) electrons. The quantitative estimate of drug-likeness (QED) is 0.739. The first kappa shape index (κ1) is 14.1. The van der Waals surface area contributed by atoms with Crippen molar-refractivity contribution in [1.82, 2.24) is 30.2 Å². The van der Waals surface area contributed by atoms with Crippen LogP contribution >= 0.6 is 0 Å². The second-order valence-corrected chi connectivity index (χ2v) is 5.56. The fraction of sp³-hybridized carbons (Fsp3) is 0.444. The number of sulfonamides is 1. The Kier molecular flexibility index (Phi) is 4.08. The van der Waals surface area contributed by atoms with E-state index < -0.39 is 10.0 Å². The lowest BCUT2D eigenvalue weighted by Gasteiger charge is -2.05. The van der Waals surface area contributed by atoms with Crippen molar-refractivity contribution in [3.63, 3.8) is 0 Å². The van der Waals surface area contributed by atoms with E-state index >= 15 is 0 Å². The van der Waals surface area contributed by atoms with Crippen molar-refractivity contribution in [2.75, 3.05) is 16.6 Å². The zero-order valence-corrected chi connectivity index (χ0v) is 11.8. The average Bonchev–Trinajstić information content (AvgIpc) is 2.81. The number of nitrogens with one attached hydrogen (secondary N) is 2. The number of hydrogen-bond donors (Lipinski definition) is 2. The zero-order valence-electron chi connectivity index (χ0n) is 11.0. The van der Waals surface area contributed by atoms with Gasteiger partial charge in [0, 0.05) is 6.54 Å². The first-order chi connectivity index (χ1) is 9.51. The van der Waals surface area contributed by atoms with E-state index in [-0.39, 0.29) is 10.8 Å². The predicted molar refractivity (Wildman–Crippen MR) is 70.4 cm³/mol. The molecule has 0 aromatic carbocycles. The molecule has 0 saturated heterocycles. The number of aryl methyl sites for hydroxylation is 1. The van der Waals surface area contributed by atoms with Crippen LogP contribution in [0.4, 0.5) is 11.9 Å². The Labute approximate surface area is 115 Å². The Morgan fingerprint density at radius 3 is 2.50 bits per heavy atom. The summed E-state index contributed by atoms with van der Waals surface area (Å²) in [5, 5.41) is 13.8. The Bertz CT molecular complexity index is 666. The van der Waals surface area contributed by atoms with Gasteiger partial charge in [-0.3, -0.25) is 0 Å². The van der Waals surface area contributed by atoms with Crippen LogP contribution < -0.4 is 10.0 Å². The molecule has 0 unspecified atom stereocenters. The molecule has 10 nitrogen and oxygen atoms in total. The van der Waals surface area contributed by atoms with E-state index in [1.807, 2.05) is 6.92 Å². The monoisotopic (exact) mass is 298 g/mol. The highest BCUT2D eigenvalue weighted by atomic mass is 32.2. The van der Waals surface area contributed by atoms with Crippen molar-refractivity contribution in [1.29, 1.82) is 0 Å². The predicted octanol–water partition coefficient (Wildman–Crippen LogP) is -0.377. The molecular weight excluding hydrogens is 284 g/mol. The van der Waals surface area contributed by atoms with Crippen LogP contribution in [-0.4, -0.2) is 45.1 Å². The minimum atomic E-state index is -3.82. The molecule has 0 atom stereocenters. The minimum Gasteiger partial charge on any atom is -0.354 e. The zero-order chi connectivity index (χ0) is 14.6. The summed E-state index contributed by atoms with van der Waals surface area (Å²) in [5.41, 5.74) is 0. The summed E-state index contributed by atoms with van der Waals surface area (Å²) in [6.07, 6.45) is 3.34. The maximum Gasteiger partial charge on any atom is 0.277 e. The van der Waals surface area contributed by atoms with Crippen LogP contribution in [0, 0.1) is 0 Å². The molecule has 108 valence electrons. The highest BCUT2D eigenvalue weighted by molar-refractivity contribution is 7.92. The number of hydrogen-bond acceptors (Lipinski definition) is 8. The molecule has 0 fully saturated rings. The summed E-state index contributed by atoms with van der Waals surface area (Å²) >= 11 is 0.